The summed E-state index contributed by atoms with van der Waals surface area (Å²) in [5, 5.41) is 8.78. The second kappa shape index (κ2) is 1.80. The van der Waals surface area contributed by atoms with E-state index in [1.165, 1.54) is 0 Å². The maximum absolute atomic E-state index is 8.78. The molecule has 0 unspecified atom stereocenters. The van der Waals surface area contributed by atoms with Gasteiger partial charge in [-0.3, -0.25) is 0 Å². The molecule has 0 aromatic rings. The molecule has 0 aromatic heterocycles. The molecule has 0 spiro atoms. The molecule has 2 nitrogen and oxygen atoms in total. The van der Waals surface area contributed by atoms with Crippen LogP contribution < -0.4 is 0 Å². The summed E-state index contributed by atoms with van der Waals surface area (Å²) >= 11 is 0. The Labute approximate surface area is 43.1 Å². The van der Waals surface area contributed by atoms with Gasteiger partial charge in [-0.1, -0.05) is 6.92 Å². The lowest BCUT2D eigenvalue weighted by atomic mass is 10.1. The highest BCUT2D eigenvalue weighted by atomic mass is 16.6. The summed E-state index contributed by atoms with van der Waals surface area (Å²) in [6, 6.07) is 0. The molecule has 1 aliphatic rings. The van der Waals surface area contributed by atoms with Gasteiger partial charge in [-0.25, -0.2) is 0 Å². The maximum atomic E-state index is 8.78. The SMILES string of the molecule is C[C@@H]1CCO[C@H]1O. The van der Waals surface area contributed by atoms with Crippen LogP contribution in [0.15, 0.2) is 0 Å². The van der Waals surface area contributed by atoms with Crippen LogP contribution in [-0.4, -0.2) is 18.0 Å². The van der Waals surface area contributed by atoms with Crippen LogP contribution in [0.1, 0.15) is 13.3 Å². The Morgan fingerprint density at radius 3 is 2.57 bits per heavy atom. The molecule has 0 aliphatic carbocycles. The molecule has 1 heterocycles. The Balaban J connectivity index is 2.33. The van der Waals surface area contributed by atoms with Crippen molar-refractivity contribution in [2.24, 2.45) is 5.92 Å². The smallest absolute Gasteiger partial charge is 0.157 e. The van der Waals surface area contributed by atoms with E-state index in [-0.39, 0.29) is 0 Å². The van der Waals surface area contributed by atoms with Crippen molar-refractivity contribution in [3.05, 3.63) is 0 Å². The minimum atomic E-state index is -0.486. The number of aliphatic hydroxyl groups is 1. The van der Waals surface area contributed by atoms with Gasteiger partial charge in [-0.05, 0) is 6.42 Å². The summed E-state index contributed by atoms with van der Waals surface area (Å²) in [6.07, 6.45) is 0.515. The quantitative estimate of drug-likeness (QED) is 0.478. The van der Waals surface area contributed by atoms with E-state index in [1.807, 2.05) is 6.92 Å². The van der Waals surface area contributed by atoms with E-state index in [2.05, 4.69) is 0 Å². The zero-order valence-corrected chi connectivity index (χ0v) is 4.42. The van der Waals surface area contributed by atoms with Crippen molar-refractivity contribution < 1.29 is 9.84 Å². The summed E-state index contributed by atoms with van der Waals surface area (Å²) in [4.78, 5) is 0. The second-order valence-electron chi connectivity index (χ2n) is 2.03. The van der Waals surface area contributed by atoms with Crippen molar-refractivity contribution in [1.29, 1.82) is 0 Å². The predicted octanol–water partition coefficient (Wildman–Crippen LogP) is 0.361. The van der Waals surface area contributed by atoms with Gasteiger partial charge in [0.15, 0.2) is 6.29 Å². The Kier molecular flexibility index (Phi) is 1.30. The van der Waals surface area contributed by atoms with Crippen LogP contribution in [0.25, 0.3) is 0 Å². The molecule has 1 saturated heterocycles. The molecule has 0 bridgehead atoms. The van der Waals surface area contributed by atoms with Crippen molar-refractivity contribution in [3.8, 4) is 0 Å². The normalized spacial score (nSPS) is 42.0. The molecule has 0 aromatic carbocycles. The Bertz CT molecular complexity index is 55.1. The molecule has 2 atom stereocenters. The minimum absolute atomic E-state index is 0.347. The van der Waals surface area contributed by atoms with Crippen LogP contribution in [0.3, 0.4) is 0 Å². The first-order chi connectivity index (χ1) is 3.30. The minimum Gasteiger partial charge on any atom is -0.368 e. The standard InChI is InChI=1S/C5H10O2/c1-4-2-3-7-5(4)6/h4-6H,2-3H2,1H3/t4-,5-/m1/s1. The highest BCUT2D eigenvalue weighted by Crippen LogP contribution is 2.16. The van der Waals surface area contributed by atoms with E-state index in [9.17, 15) is 0 Å². The van der Waals surface area contributed by atoms with Crippen LogP contribution >= 0.6 is 0 Å². The van der Waals surface area contributed by atoms with Gasteiger partial charge < -0.3 is 9.84 Å². The number of rotatable bonds is 0. The third-order valence-electron chi connectivity index (χ3n) is 1.35. The average molecular weight is 102 g/mol. The van der Waals surface area contributed by atoms with Crippen molar-refractivity contribution in [3.63, 3.8) is 0 Å². The lowest BCUT2D eigenvalue weighted by molar-refractivity contribution is -0.0786. The van der Waals surface area contributed by atoms with Crippen molar-refractivity contribution in [2.75, 3.05) is 6.61 Å². The fourth-order valence-corrected chi connectivity index (χ4v) is 0.682. The van der Waals surface area contributed by atoms with Gasteiger partial charge >= 0.3 is 0 Å². The van der Waals surface area contributed by atoms with Crippen molar-refractivity contribution in [2.45, 2.75) is 19.6 Å². The summed E-state index contributed by atoms with van der Waals surface area (Å²) < 4.78 is 4.82. The number of ether oxygens (including phenoxy) is 1. The Morgan fingerprint density at radius 1 is 1.71 bits per heavy atom. The van der Waals surface area contributed by atoms with E-state index in [1.54, 1.807) is 0 Å². The van der Waals surface area contributed by atoms with Gasteiger partial charge in [0.2, 0.25) is 0 Å². The van der Waals surface area contributed by atoms with Gasteiger partial charge in [0.05, 0.1) is 6.61 Å². The molecule has 0 radical (unpaired) electrons. The molecule has 1 N–H and O–H groups in total. The second-order valence-corrected chi connectivity index (χ2v) is 2.03. The van der Waals surface area contributed by atoms with Crippen molar-refractivity contribution >= 4 is 0 Å². The third kappa shape index (κ3) is 0.924. The van der Waals surface area contributed by atoms with E-state index in [0.29, 0.717) is 5.92 Å². The van der Waals surface area contributed by atoms with Crippen LogP contribution in [0, 0.1) is 5.92 Å². The first-order valence-electron chi connectivity index (χ1n) is 2.60. The largest absolute Gasteiger partial charge is 0.368 e. The predicted molar refractivity (Wildman–Crippen MR) is 25.7 cm³/mol. The van der Waals surface area contributed by atoms with Crippen LogP contribution in [-0.2, 0) is 4.74 Å². The highest BCUT2D eigenvalue weighted by molar-refractivity contribution is 4.61. The lowest BCUT2D eigenvalue weighted by Gasteiger charge is -2.03. The van der Waals surface area contributed by atoms with Crippen LogP contribution in [0.5, 0.6) is 0 Å². The molecule has 0 saturated carbocycles. The van der Waals surface area contributed by atoms with Gasteiger partial charge in [-0.2, -0.15) is 0 Å². The van der Waals surface area contributed by atoms with Gasteiger partial charge in [0, 0.05) is 5.92 Å². The van der Waals surface area contributed by atoms with Gasteiger partial charge in [-0.15, -0.1) is 0 Å². The van der Waals surface area contributed by atoms with Crippen LogP contribution in [0.4, 0.5) is 0 Å². The van der Waals surface area contributed by atoms with E-state index in [0.717, 1.165) is 13.0 Å². The Hall–Kier alpha value is -0.0800. The highest BCUT2D eigenvalue weighted by Gasteiger charge is 2.20. The molecule has 7 heavy (non-hydrogen) atoms. The molecular formula is C5H10O2. The molecular weight excluding hydrogens is 92.1 g/mol. The van der Waals surface area contributed by atoms with Crippen molar-refractivity contribution in [1.82, 2.24) is 0 Å². The number of hydrogen-bond acceptors (Lipinski definition) is 2. The van der Waals surface area contributed by atoms with E-state index >= 15 is 0 Å². The Morgan fingerprint density at radius 2 is 2.43 bits per heavy atom. The fraction of sp³-hybridized carbons (Fsp3) is 1.00. The molecule has 1 fully saturated rings. The van der Waals surface area contributed by atoms with Crippen LogP contribution in [0.2, 0.25) is 0 Å². The summed E-state index contributed by atoms with van der Waals surface area (Å²) in [5.74, 6) is 0.347. The summed E-state index contributed by atoms with van der Waals surface area (Å²) in [7, 11) is 0. The summed E-state index contributed by atoms with van der Waals surface area (Å²) in [5.41, 5.74) is 0. The zero-order valence-electron chi connectivity index (χ0n) is 4.42. The zero-order chi connectivity index (χ0) is 5.28. The number of hydrogen-bond donors (Lipinski definition) is 1. The molecule has 2 heteroatoms. The van der Waals surface area contributed by atoms with E-state index < -0.39 is 6.29 Å². The van der Waals surface area contributed by atoms with Gasteiger partial charge in [0.1, 0.15) is 0 Å². The first-order valence-corrected chi connectivity index (χ1v) is 2.60. The molecule has 1 rings (SSSR count). The molecule has 1 aliphatic heterocycles. The van der Waals surface area contributed by atoms with Gasteiger partial charge in [0.25, 0.3) is 0 Å². The molecule has 42 valence electrons. The maximum Gasteiger partial charge on any atom is 0.157 e. The molecule has 0 amide bonds. The van der Waals surface area contributed by atoms with E-state index in [4.69, 9.17) is 9.84 Å². The topological polar surface area (TPSA) is 29.5 Å². The summed E-state index contributed by atoms with van der Waals surface area (Å²) in [6.45, 7) is 2.71. The average Bonchev–Trinajstić information content (AvgIpc) is 1.91. The lowest BCUT2D eigenvalue weighted by Crippen LogP contribution is -2.10. The first kappa shape index (κ1) is 5.06. The fourth-order valence-electron chi connectivity index (χ4n) is 0.682. The third-order valence-corrected chi connectivity index (χ3v) is 1.35. The number of aliphatic hydroxyl groups excluding tert-OH is 1. The monoisotopic (exact) mass is 102 g/mol.